The van der Waals surface area contributed by atoms with Crippen LogP contribution < -0.4 is 10.2 Å². The quantitative estimate of drug-likeness (QED) is 0.857. The average Bonchev–Trinajstić information content (AvgIpc) is 2.98. The average molecular weight is 378 g/mol. The summed E-state index contributed by atoms with van der Waals surface area (Å²) in [5.41, 5.74) is 5.20. The molecule has 28 heavy (non-hydrogen) atoms. The van der Waals surface area contributed by atoms with Crippen LogP contribution in [0.3, 0.4) is 0 Å². The number of nitrogens with zero attached hydrogens (tertiary/aromatic N) is 2. The van der Waals surface area contributed by atoms with Crippen LogP contribution in [0.15, 0.2) is 48.5 Å². The molecule has 2 amide bonds. The number of amides is 2. The molecule has 4 heteroatoms. The van der Waals surface area contributed by atoms with Crippen LogP contribution in [0.5, 0.6) is 0 Å². The standard InChI is InChI=1S/C24H31N3O/c1-18(2)25-23(28)27-17-24(21-15-19(3)9-10-22(21)27)11-13-26(14-12-24)16-20-7-5-4-6-8-20/h4-10,15,18H,11-14,16-17H2,1-3H3,(H,25,28). The molecule has 0 aromatic heterocycles. The lowest BCUT2D eigenvalue weighted by atomic mass is 9.74. The van der Waals surface area contributed by atoms with Gasteiger partial charge in [0.05, 0.1) is 0 Å². The topological polar surface area (TPSA) is 35.6 Å². The summed E-state index contributed by atoms with van der Waals surface area (Å²) in [6.07, 6.45) is 2.20. The highest BCUT2D eigenvalue weighted by molar-refractivity contribution is 5.95. The highest BCUT2D eigenvalue weighted by Gasteiger charge is 2.46. The molecule has 0 atom stereocenters. The van der Waals surface area contributed by atoms with E-state index in [1.54, 1.807) is 0 Å². The molecule has 2 aliphatic heterocycles. The van der Waals surface area contributed by atoms with Crippen molar-refractivity contribution in [3.8, 4) is 0 Å². The Kier molecular flexibility index (Phi) is 5.15. The van der Waals surface area contributed by atoms with E-state index in [4.69, 9.17) is 0 Å². The molecule has 4 rings (SSSR count). The highest BCUT2D eigenvalue weighted by atomic mass is 16.2. The van der Waals surface area contributed by atoms with Crippen molar-refractivity contribution in [1.29, 1.82) is 0 Å². The van der Waals surface area contributed by atoms with Gasteiger partial charge < -0.3 is 5.32 Å². The predicted molar refractivity (Wildman–Crippen MR) is 115 cm³/mol. The van der Waals surface area contributed by atoms with Gasteiger partial charge in [-0.25, -0.2) is 4.79 Å². The summed E-state index contributed by atoms with van der Waals surface area (Å²) in [6, 6.07) is 17.5. The number of aryl methyl sites for hydroxylation is 1. The number of carbonyl (C=O) groups excluding carboxylic acids is 1. The second-order valence-corrected chi connectivity index (χ2v) is 8.75. The van der Waals surface area contributed by atoms with E-state index in [1.165, 1.54) is 16.7 Å². The van der Waals surface area contributed by atoms with E-state index in [1.807, 2.05) is 18.7 Å². The zero-order chi connectivity index (χ0) is 19.7. The number of piperidine rings is 1. The van der Waals surface area contributed by atoms with Gasteiger partial charge in [0.15, 0.2) is 0 Å². The Morgan fingerprint density at radius 2 is 1.82 bits per heavy atom. The fourth-order valence-electron chi connectivity index (χ4n) is 4.70. The molecular weight excluding hydrogens is 346 g/mol. The van der Waals surface area contributed by atoms with Gasteiger partial charge in [0.25, 0.3) is 0 Å². The van der Waals surface area contributed by atoms with Gasteiger partial charge in [0.2, 0.25) is 0 Å². The molecule has 4 nitrogen and oxygen atoms in total. The van der Waals surface area contributed by atoms with Crippen LogP contribution in [0, 0.1) is 6.92 Å². The number of urea groups is 1. The summed E-state index contributed by atoms with van der Waals surface area (Å²) in [4.78, 5) is 17.4. The number of hydrogen-bond donors (Lipinski definition) is 1. The van der Waals surface area contributed by atoms with Crippen LogP contribution in [-0.4, -0.2) is 36.6 Å². The maximum Gasteiger partial charge on any atom is 0.322 e. The summed E-state index contributed by atoms with van der Waals surface area (Å²) in [5.74, 6) is 0. The van der Waals surface area contributed by atoms with E-state index in [0.29, 0.717) is 0 Å². The van der Waals surface area contributed by atoms with Crippen molar-refractivity contribution in [1.82, 2.24) is 10.2 Å². The largest absolute Gasteiger partial charge is 0.336 e. The molecule has 2 aliphatic rings. The fraction of sp³-hybridized carbons (Fsp3) is 0.458. The predicted octanol–water partition coefficient (Wildman–Crippen LogP) is 4.47. The van der Waals surface area contributed by atoms with Gasteiger partial charge in [-0.3, -0.25) is 9.80 Å². The number of carbonyl (C=O) groups is 1. The summed E-state index contributed by atoms with van der Waals surface area (Å²) >= 11 is 0. The number of anilines is 1. The minimum atomic E-state index is 0.0312. The van der Waals surface area contributed by atoms with E-state index >= 15 is 0 Å². The molecule has 2 aromatic carbocycles. The summed E-state index contributed by atoms with van der Waals surface area (Å²) < 4.78 is 0. The zero-order valence-electron chi connectivity index (χ0n) is 17.2. The molecule has 2 heterocycles. The molecule has 1 N–H and O–H groups in total. The number of nitrogens with one attached hydrogen (secondary N) is 1. The molecule has 1 spiro atoms. The van der Waals surface area contributed by atoms with Crippen LogP contribution in [0.2, 0.25) is 0 Å². The first-order chi connectivity index (χ1) is 13.5. The second kappa shape index (κ2) is 7.59. The van der Waals surface area contributed by atoms with Gasteiger partial charge in [0.1, 0.15) is 0 Å². The fourth-order valence-corrected chi connectivity index (χ4v) is 4.70. The Bertz CT molecular complexity index is 838. The lowest BCUT2D eigenvalue weighted by molar-refractivity contribution is 0.159. The molecule has 0 bridgehead atoms. The van der Waals surface area contributed by atoms with Gasteiger partial charge in [0, 0.05) is 30.2 Å². The molecule has 0 radical (unpaired) electrons. The Morgan fingerprint density at radius 3 is 2.50 bits per heavy atom. The maximum absolute atomic E-state index is 12.8. The minimum Gasteiger partial charge on any atom is -0.336 e. The molecule has 148 valence electrons. The first-order valence-electron chi connectivity index (χ1n) is 10.4. The van der Waals surface area contributed by atoms with Crippen LogP contribution in [0.4, 0.5) is 10.5 Å². The monoisotopic (exact) mass is 377 g/mol. The molecule has 0 saturated carbocycles. The molecule has 0 aliphatic carbocycles. The Labute approximate surface area is 168 Å². The van der Waals surface area contributed by atoms with Gasteiger partial charge in [-0.05, 0) is 63.9 Å². The van der Waals surface area contributed by atoms with Crippen LogP contribution in [0.25, 0.3) is 0 Å². The molecule has 1 saturated heterocycles. The molecule has 1 fully saturated rings. The van der Waals surface area contributed by atoms with Crippen molar-refractivity contribution in [2.24, 2.45) is 0 Å². The smallest absolute Gasteiger partial charge is 0.322 e. The zero-order valence-corrected chi connectivity index (χ0v) is 17.2. The van der Waals surface area contributed by atoms with Crippen LogP contribution in [0.1, 0.15) is 43.4 Å². The van der Waals surface area contributed by atoms with Crippen molar-refractivity contribution >= 4 is 11.7 Å². The number of likely N-dealkylation sites (tertiary alicyclic amines) is 1. The van der Waals surface area contributed by atoms with E-state index < -0.39 is 0 Å². The third-order valence-corrected chi connectivity index (χ3v) is 6.19. The number of hydrogen-bond acceptors (Lipinski definition) is 2. The first kappa shape index (κ1) is 19.0. The lowest BCUT2D eigenvalue weighted by Crippen LogP contribution is -2.48. The van der Waals surface area contributed by atoms with Gasteiger partial charge in [-0.2, -0.15) is 0 Å². The molecular formula is C24H31N3O. The molecule has 0 unspecified atom stereocenters. The van der Waals surface area contributed by atoms with Crippen molar-refractivity contribution in [2.45, 2.75) is 51.6 Å². The van der Waals surface area contributed by atoms with E-state index in [0.717, 1.165) is 44.7 Å². The normalized spacial score (nSPS) is 18.5. The van der Waals surface area contributed by atoms with Crippen molar-refractivity contribution in [3.63, 3.8) is 0 Å². The Morgan fingerprint density at radius 1 is 1.11 bits per heavy atom. The Hall–Kier alpha value is -2.33. The summed E-state index contributed by atoms with van der Waals surface area (Å²) in [5, 5.41) is 3.08. The number of fused-ring (bicyclic) bond motifs is 2. The van der Waals surface area contributed by atoms with E-state index in [2.05, 4.69) is 65.7 Å². The minimum absolute atomic E-state index is 0.0312. The number of benzene rings is 2. The Balaban J connectivity index is 1.53. The summed E-state index contributed by atoms with van der Waals surface area (Å²) in [6.45, 7) is 10.1. The van der Waals surface area contributed by atoms with Crippen molar-refractivity contribution in [2.75, 3.05) is 24.5 Å². The van der Waals surface area contributed by atoms with Crippen LogP contribution >= 0.6 is 0 Å². The SMILES string of the molecule is Cc1ccc2c(c1)C1(CCN(Cc3ccccc3)CC1)CN2C(=O)NC(C)C. The third kappa shape index (κ3) is 3.66. The first-order valence-corrected chi connectivity index (χ1v) is 10.4. The third-order valence-electron chi connectivity index (χ3n) is 6.19. The van der Waals surface area contributed by atoms with Crippen LogP contribution in [-0.2, 0) is 12.0 Å². The van der Waals surface area contributed by atoms with Gasteiger partial charge >= 0.3 is 6.03 Å². The second-order valence-electron chi connectivity index (χ2n) is 8.75. The highest BCUT2D eigenvalue weighted by Crippen LogP contribution is 2.47. The van der Waals surface area contributed by atoms with Gasteiger partial charge in [-0.15, -0.1) is 0 Å². The van der Waals surface area contributed by atoms with E-state index in [9.17, 15) is 4.79 Å². The van der Waals surface area contributed by atoms with Gasteiger partial charge in [-0.1, -0.05) is 48.0 Å². The number of rotatable bonds is 3. The summed E-state index contributed by atoms with van der Waals surface area (Å²) in [7, 11) is 0. The molecule has 2 aromatic rings. The van der Waals surface area contributed by atoms with E-state index in [-0.39, 0.29) is 17.5 Å². The lowest BCUT2D eigenvalue weighted by Gasteiger charge is -2.40. The van der Waals surface area contributed by atoms with Crippen molar-refractivity contribution in [3.05, 3.63) is 65.2 Å². The maximum atomic E-state index is 12.8. The van der Waals surface area contributed by atoms with Crippen molar-refractivity contribution < 1.29 is 4.79 Å².